The van der Waals surface area contributed by atoms with E-state index in [9.17, 15) is 0 Å². The molecule has 12 heavy (non-hydrogen) atoms. The molecular weight excluding hydrogens is 150 g/mol. The molecule has 0 aromatic rings. The Bertz CT molecular complexity index is 321. The lowest BCUT2D eigenvalue weighted by Gasteiger charge is -2.29. The van der Waals surface area contributed by atoms with Crippen molar-refractivity contribution < 1.29 is 0 Å². The van der Waals surface area contributed by atoms with E-state index < -0.39 is 0 Å². The standard InChI is InChI=1S/C9H11N3/c1-7-3-2-4-9-11-5-8(10)6-12(7)9/h2-5H,6,10H2,1H3. The fraction of sp³-hybridized carbons (Fsp3) is 0.222. The molecule has 0 spiro atoms. The summed E-state index contributed by atoms with van der Waals surface area (Å²) in [6, 6.07) is 0. The predicted octanol–water partition coefficient (Wildman–Crippen LogP) is 0.974. The Morgan fingerprint density at radius 3 is 3.25 bits per heavy atom. The van der Waals surface area contributed by atoms with E-state index >= 15 is 0 Å². The van der Waals surface area contributed by atoms with Gasteiger partial charge in [0.25, 0.3) is 0 Å². The first-order valence-corrected chi connectivity index (χ1v) is 3.92. The zero-order valence-electron chi connectivity index (χ0n) is 6.99. The summed E-state index contributed by atoms with van der Waals surface area (Å²) in [5.41, 5.74) is 7.66. The van der Waals surface area contributed by atoms with E-state index in [4.69, 9.17) is 5.73 Å². The van der Waals surface area contributed by atoms with Gasteiger partial charge in [-0.25, -0.2) is 4.99 Å². The van der Waals surface area contributed by atoms with Crippen LogP contribution in [-0.4, -0.2) is 17.3 Å². The Morgan fingerprint density at radius 1 is 1.58 bits per heavy atom. The third kappa shape index (κ3) is 1.03. The SMILES string of the molecule is CC1=CC=CC2=NC=C(N)CN12. The number of nitrogens with two attached hydrogens (primary N) is 1. The number of amidine groups is 1. The lowest BCUT2D eigenvalue weighted by atomic mass is 10.2. The monoisotopic (exact) mass is 161 g/mol. The highest BCUT2D eigenvalue weighted by Gasteiger charge is 2.16. The van der Waals surface area contributed by atoms with Gasteiger partial charge in [-0.2, -0.15) is 0 Å². The van der Waals surface area contributed by atoms with Gasteiger partial charge in [-0.1, -0.05) is 6.08 Å². The lowest BCUT2D eigenvalue weighted by Crippen LogP contribution is -2.35. The third-order valence-electron chi connectivity index (χ3n) is 1.99. The van der Waals surface area contributed by atoms with Crippen LogP contribution >= 0.6 is 0 Å². The molecule has 2 rings (SSSR count). The highest BCUT2D eigenvalue weighted by molar-refractivity contribution is 5.96. The van der Waals surface area contributed by atoms with Crippen LogP contribution in [0.4, 0.5) is 0 Å². The van der Waals surface area contributed by atoms with Gasteiger partial charge < -0.3 is 10.6 Å². The molecule has 0 saturated heterocycles. The minimum atomic E-state index is 0.755. The molecule has 0 saturated carbocycles. The first-order chi connectivity index (χ1) is 5.77. The molecule has 0 fully saturated rings. The summed E-state index contributed by atoms with van der Waals surface area (Å²) in [7, 11) is 0. The topological polar surface area (TPSA) is 41.6 Å². The molecule has 62 valence electrons. The zero-order valence-corrected chi connectivity index (χ0v) is 6.99. The molecular formula is C9H11N3. The smallest absolute Gasteiger partial charge is 0.133 e. The van der Waals surface area contributed by atoms with Crippen molar-refractivity contribution in [1.82, 2.24) is 4.90 Å². The molecule has 0 atom stereocenters. The van der Waals surface area contributed by atoms with Crippen molar-refractivity contribution in [3.05, 3.63) is 35.8 Å². The van der Waals surface area contributed by atoms with E-state index in [1.165, 1.54) is 5.70 Å². The van der Waals surface area contributed by atoms with Crippen molar-refractivity contribution in [3.63, 3.8) is 0 Å². The van der Waals surface area contributed by atoms with E-state index in [0.717, 1.165) is 18.1 Å². The molecule has 0 radical (unpaired) electrons. The van der Waals surface area contributed by atoms with E-state index in [-0.39, 0.29) is 0 Å². The van der Waals surface area contributed by atoms with E-state index in [0.29, 0.717) is 0 Å². The lowest BCUT2D eigenvalue weighted by molar-refractivity contribution is 0.543. The third-order valence-corrected chi connectivity index (χ3v) is 1.99. The van der Waals surface area contributed by atoms with Crippen molar-refractivity contribution in [3.8, 4) is 0 Å². The van der Waals surface area contributed by atoms with Crippen molar-refractivity contribution in [1.29, 1.82) is 0 Å². The van der Waals surface area contributed by atoms with E-state index in [1.807, 2.05) is 12.2 Å². The number of nitrogens with zero attached hydrogens (tertiary/aromatic N) is 2. The van der Waals surface area contributed by atoms with Gasteiger partial charge in [-0.15, -0.1) is 0 Å². The summed E-state index contributed by atoms with van der Waals surface area (Å²) in [5.74, 6) is 0.976. The Labute approximate surface area is 71.6 Å². The first kappa shape index (κ1) is 7.16. The zero-order chi connectivity index (χ0) is 8.55. The fourth-order valence-electron chi connectivity index (χ4n) is 1.32. The minimum Gasteiger partial charge on any atom is -0.399 e. The Morgan fingerprint density at radius 2 is 2.42 bits per heavy atom. The van der Waals surface area contributed by atoms with Gasteiger partial charge in [0.05, 0.1) is 6.54 Å². The largest absolute Gasteiger partial charge is 0.399 e. The van der Waals surface area contributed by atoms with Gasteiger partial charge in [0.15, 0.2) is 0 Å². The molecule has 3 heteroatoms. The maximum Gasteiger partial charge on any atom is 0.133 e. The highest BCUT2D eigenvalue weighted by Crippen LogP contribution is 2.15. The van der Waals surface area contributed by atoms with Gasteiger partial charge in [0.2, 0.25) is 0 Å². The molecule has 2 aliphatic rings. The summed E-state index contributed by atoms with van der Waals surface area (Å²) in [5, 5.41) is 0. The number of hydrogen-bond donors (Lipinski definition) is 1. The predicted molar refractivity (Wildman–Crippen MR) is 49.3 cm³/mol. The maximum absolute atomic E-state index is 5.66. The summed E-state index contributed by atoms with van der Waals surface area (Å²) in [6.45, 7) is 2.81. The average molecular weight is 161 g/mol. The second-order valence-electron chi connectivity index (χ2n) is 2.94. The summed E-state index contributed by atoms with van der Waals surface area (Å²) >= 11 is 0. The van der Waals surface area contributed by atoms with Crippen molar-refractivity contribution in [2.75, 3.05) is 6.54 Å². The maximum atomic E-state index is 5.66. The molecule has 0 aliphatic carbocycles. The Hall–Kier alpha value is -1.51. The number of aliphatic imine (C=N–C) groups is 1. The van der Waals surface area contributed by atoms with Crippen LogP contribution in [0, 0.1) is 0 Å². The van der Waals surface area contributed by atoms with Crippen LogP contribution in [0.25, 0.3) is 0 Å². The number of fused-ring (bicyclic) bond motifs is 1. The normalized spacial score (nSPS) is 21.1. The second kappa shape index (κ2) is 2.52. The molecule has 2 heterocycles. The molecule has 2 aliphatic heterocycles. The average Bonchev–Trinajstić information content (AvgIpc) is 2.07. The summed E-state index contributed by atoms with van der Waals surface area (Å²) < 4.78 is 0. The van der Waals surface area contributed by atoms with Crippen LogP contribution in [-0.2, 0) is 0 Å². The summed E-state index contributed by atoms with van der Waals surface area (Å²) in [6.07, 6.45) is 7.75. The van der Waals surface area contributed by atoms with Crippen molar-refractivity contribution in [2.24, 2.45) is 10.7 Å². The number of allylic oxidation sites excluding steroid dienone is 3. The van der Waals surface area contributed by atoms with Crippen LogP contribution in [0.5, 0.6) is 0 Å². The second-order valence-corrected chi connectivity index (χ2v) is 2.94. The van der Waals surface area contributed by atoms with Crippen LogP contribution in [0.1, 0.15) is 6.92 Å². The number of rotatable bonds is 0. The molecule has 0 bridgehead atoms. The molecule has 0 aromatic heterocycles. The van der Waals surface area contributed by atoms with Gasteiger partial charge in [0, 0.05) is 17.6 Å². The fourth-order valence-corrected chi connectivity index (χ4v) is 1.32. The van der Waals surface area contributed by atoms with Crippen LogP contribution < -0.4 is 5.73 Å². The highest BCUT2D eigenvalue weighted by atomic mass is 15.2. The molecule has 0 unspecified atom stereocenters. The quantitative estimate of drug-likeness (QED) is 0.575. The molecule has 2 N–H and O–H groups in total. The Balaban J connectivity index is 2.37. The molecule has 0 aromatic carbocycles. The first-order valence-electron chi connectivity index (χ1n) is 3.92. The van der Waals surface area contributed by atoms with Crippen LogP contribution in [0.15, 0.2) is 40.8 Å². The molecule has 0 amide bonds. The summed E-state index contributed by atoms with van der Waals surface area (Å²) in [4.78, 5) is 6.30. The van der Waals surface area contributed by atoms with Gasteiger partial charge in [0.1, 0.15) is 5.84 Å². The minimum absolute atomic E-state index is 0.755. The van der Waals surface area contributed by atoms with Gasteiger partial charge >= 0.3 is 0 Å². The van der Waals surface area contributed by atoms with Crippen molar-refractivity contribution in [2.45, 2.75) is 6.92 Å². The van der Waals surface area contributed by atoms with Crippen LogP contribution in [0.3, 0.4) is 0 Å². The van der Waals surface area contributed by atoms with Crippen molar-refractivity contribution >= 4 is 5.84 Å². The molecule has 3 nitrogen and oxygen atoms in total. The van der Waals surface area contributed by atoms with Gasteiger partial charge in [-0.05, 0) is 19.1 Å². The Kier molecular flexibility index (Phi) is 1.50. The van der Waals surface area contributed by atoms with Crippen LogP contribution in [0.2, 0.25) is 0 Å². The number of hydrogen-bond acceptors (Lipinski definition) is 3. The van der Waals surface area contributed by atoms with E-state index in [1.54, 1.807) is 6.20 Å². The van der Waals surface area contributed by atoms with E-state index in [2.05, 4.69) is 22.9 Å². The van der Waals surface area contributed by atoms with Gasteiger partial charge in [-0.3, -0.25) is 0 Å².